The Kier molecular flexibility index (Phi) is 16.5. The first kappa shape index (κ1) is 56.3. The summed E-state index contributed by atoms with van der Waals surface area (Å²) in [6, 6.07) is 66.9. The first-order valence-corrected chi connectivity index (χ1v) is 29.8. The lowest BCUT2D eigenvalue weighted by molar-refractivity contribution is -0.285. The molecule has 0 saturated carbocycles. The molecule has 1 fully saturated rings. The van der Waals surface area contributed by atoms with Gasteiger partial charge in [-0.3, -0.25) is 19.1 Å². The minimum absolute atomic E-state index is 0.0418. The third-order valence-electron chi connectivity index (χ3n) is 14.9. The van der Waals surface area contributed by atoms with Crippen LogP contribution in [0.5, 0.6) is 11.5 Å². The lowest BCUT2D eigenvalue weighted by Gasteiger charge is -2.61. The third kappa shape index (κ3) is 10.5. The van der Waals surface area contributed by atoms with Crippen molar-refractivity contribution < 1.29 is 37.3 Å². The second-order valence-corrected chi connectivity index (χ2v) is 29.2. The summed E-state index contributed by atoms with van der Waals surface area (Å²) >= 11 is 0. The molecular weight excluding hydrogens is 1020 g/mol. The fourth-order valence-electron chi connectivity index (χ4n) is 11.5. The molecule has 0 spiro atoms. The number of carbonyl (C=O) groups excluding carboxylic acids is 1. The summed E-state index contributed by atoms with van der Waals surface area (Å²) in [6.45, 7) is 14.3. The van der Waals surface area contributed by atoms with Crippen LogP contribution in [0.25, 0.3) is 0 Å². The van der Waals surface area contributed by atoms with E-state index in [2.05, 4.69) is 70.8 Å². The normalized spacial score (nSPS) is 18.7. The molecule has 9 rings (SSSR count). The molecule has 1 aliphatic rings. The van der Waals surface area contributed by atoms with Crippen molar-refractivity contribution >= 4 is 34.4 Å². The van der Waals surface area contributed by atoms with Crippen LogP contribution in [-0.4, -0.2) is 65.6 Å². The molecule has 2 heterocycles. The predicted octanol–water partition coefficient (Wildman–Crippen LogP) is 10.1. The van der Waals surface area contributed by atoms with Crippen molar-refractivity contribution in [1.82, 2.24) is 9.55 Å². The van der Waals surface area contributed by atoms with E-state index in [1.54, 1.807) is 14.2 Å². The Morgan fingerprint density at radius 2 is 1.05 bits per heavy atom. The zero-order valence-electron chi connectivity index (χ0n) is 46.4. The summed E-state index contributed by atoms with van der Waals surface area (Å²) in [5.41, 5.74) is -4.14. The molecule has 1 aromatic heterocycles. The van der Waals surface area contributed by atoms with E-state index in [4.69, 9.17) is 32.5 Å². The molecule has 1 saturated heterocycles. The minimum Gasteiger partial charge on any atom is -0.497 e. The van der Waals surface area contributed by atoms with E-state index >= 15 is 0 Å². The highest BCUT2D eigenvalue weighted by atomic mass is 28.4. The topological polar surface area (TPSA) is 137 Å². The van der Waals surface area contributed by atoms with Gasteiger partial charge in [0.2, 0.25) is 0 Å². The van der Waals surface area contributed by atoms with Crippen molar-refractivity contribution in [2.45, 2.75) is 100 Å². The number of ether oxygens (including phenoxy) is 5. The van der Waals surface area contributed by atoms with E-state index in [0.717, 1.165) is 15.9 Å². The number of hydrogen-bond donors (Lipinski definition) is 1. The van der Waals surface area contributed by atoms with Gasteiger partial charge in [-0.25, -0.2) is 4.79 Å². The van der Waals surface area contributed by atoms with Crippen LogP contribution in [0.1, 0.15) is 82.5 Å². The fourth-order valence-corrected chi connectivity index (χ4v) is 17.4. The zero-order chi connectivity index (χ0) is 56.1. The van der Waals surface area contributed by atoms with Crippen molar-refractivity contribution in [1.29, 1.82) is 0 Å². The summed E-state index contributed by atoms with van der Waals surface area (Å²) in [5.74, 6) is 0.562. The standard InChI is InChI=1S/C65H70N2O10Si2/c1-46(68)74-57-58(76-79(62(5,6)7,54-31-21-13-22-32-54)55-33-23-14-24-34-55)65(75-59(57)67-44-43-56(69)66-60(67)70,64(77-78-61(2,3)4,49-27-17-11-18-28-49)50-29-19-12-20-30-50)63(48-25-15-10-16-26-48,51-37-41-53(72-9)42-38-51)73-45-47-35-39-52(71-8)40-36-47/h10-44,57-59H,45,78H2,1-9H3,(H,66,69,70). The molecule has 5 unspecified atom stereocenters. The monoisotopic (exact) mass is 1090 g/mol. The summed E-state index contributed by atoms with van der Waals surface area (Å²) in [6.07, 6.45) is -3.15. The zero-order valence-corrected chi connectivity index (χ0v) is 48.8. The number of hydrogen-bond acceptors (Lipinski definition) is 10. The molecule has 79 heavy (non-hydrogen) atoms. The van der Waals surface area contributed by atoms with E-state index in [-0.39, 0.29) is 11.6 Å². The molecule has 0 amide bonds. The molecule has 7 aromatic carbocycles. The van der Waals surface area contributed by atoms with Gasteiger partial charge in [-0.2, -0.15) is 0 Å². The van der Waals surface area contributed by atoms with Crippen LogP contribution < -0.4 is 31.1 Å². The Labute approximate surface area is 466 Å². The maximum Gasteiger partial charge on any atom is 0.330 e. The Balaban J connectivity index is 1.61. The van der Waals surface area contributed by atoms with Gasteiger partial charge in [0, 0.05) is 19.2 Å². The molecule has 12 nitrogen and oxygen atoms in total. The number of nitrogens with zero attached hydrogens (tertiary/aromatic N) is 1. The first-order chi connectivity index (χ1) is 37.9. The van der Waals surface area contributed by atoms with Crippen LogP contribution >= 0.6 is 0 Å². The second-order valence-electron chi connectivity index (χ2n) is 22.2. The van der Waals surface area contributed by atoms with E-state index < -0.39 is 75.6 Å². The fraction of sp³-hybridized carbons (Fsp3) is 0.277. The van der Waals surface area contributed by atoms with Gasteiger partial charge < -0.3 is 32.5 Å². The van der Waals surface area contributed by atoms with Crippen LogP contribution in [-0.2, 0) is 45.7 Å². The summed E-state index contributed by atoms with van der Waals surface area (Å²) in [7, 11) is -2.47. The molecule has 0 aliphatic carbocycles. The largest absolute Gasteiger partial charge is 0.497 e. The number of methoxy groups -OCH3 is 2. The summed E-state index contributed by atoms with van der Waals surface area (Å²) in [4.78, 5) is 45.1. The Morgan fingerprint density at radius 1 is 0.608 bits per heavy atom. The lowest BCUT2D eigenvalue weighted by Crippen LogP contribution is -2.77. The highest BCUT2D eigenvalue weighted by Gasteiger charge is 2.80. The molecule has 0 bridgehead atoms. The van der Waals surface area contributed by atoms with E-state index in [1.165, 1.54) is 23.8 Å². The maximum absolute atomic E-state index is 14.9. The van der Waals surface area contributed by atoms with Crippen molar-refractivity contribution in [3.63, 3.8) is 0 Å². The number of aromatic amines is 1. The number of carbonyl (C=O) groups is 1. The third-order valence-corrected chi connectivity index (χ3v) is 21.3. The van der Waals surface area contributed by atoms with Gasteiger partial charge in [0.1, 0.15) is 23.2 Å². The minimum atomic E-state index is -3.93. The quantitative estimate of drug-likeness (QED) is 0.0616. The maximum atomic E-state index is 14.9. The molecule has 1 N–H and O–H groups in total. The van der Waals surface area contributed by atoms with Gasteiger partial charge >= 0.3 is 11.7 Å². The summed E-state index contributed by atoms with van der Waals surface area (Å²) < 4.78 is 53.6. The van der Waals surface area contributed by atoms with Gasteiger partial charge in [0.15, 0.2) is 33.3 Å². The number of benzene rings is 7. The molecule has 8 aromatic rings. The van der Waals surface area contributed by atoms with E-state index in [0.29, 0.717) is 33.8 Å². The summed E-state index contributed by atoms with van der Waals surface area (Å²) in [5, 5.41) is 0.737. The van der Waals surface area contributed by atoms with Crippen molar-refractivity contribution in [3.8, 4) is 11.5 Å². The van der Waals surface area contributed by atoms with Crippen molar-refractivity contribution in [3.05, 3.63) is 261 Å². The van der Waals surface area contributed by atoms with Gasteiger partial charge in [-0.1, -0.05) is 217 Å². The molecule has 408 valence electrons. The van der Waals surface area contributed by atoms with Crippen LogP contribution in [0.4, 0.5) is 0 Å². The van der Waals surface area contributed by atoms with E-state index in [1.807, 2.05) is 176 Å². The highest BCUT2D eigenvalue weighted by molar-refractivity contribution is 6.99. The number of nitrogens with one attached hydrogen (secondary N) is 1. The molecule has 5 atom stereocenters. The first-order valence-electron chi connectivity index (χ1n) is 26.6. The SMILES string of the molecule is COc1ccc(COC(c2ccccc2)(c2ccc(OC)cc2)C2(C(O[SiH2]C(C)(C)C)(c3ccccc3)c3ccccc3)OC(n3ccc(=O)[nH]c3=O)C(OC(C)=O)C2O[Si](c2ccccc2)(c2ccccc2)C(C)(C)C)cc1. The predicted molar refractivity (Wildman–Crippen MR) is 313 cm³/mol. The smallest absolute Gasteiger partial charge is 0.330 e. The molecule has 14 heteroatoms. The molecule has 1 aliphatic heterocycles. The van der Waals surface area contributed by atoms with Crippen LogP contribution in [0, 0.1) is 0 Å². The average Bonchev–Trinajstić information content (AvgIpc) is 2.10. The van der Waals surface area contributed by atoms with Crippen LogP contribution in [0.2, 0.25) is 10.1 Å². The number of esters is 1. The number of rotatable bonds is 19. The Morgan fingerprint density at radius 3 is 1.48 bits per heavy atom. The second kappa shape index (κ2) is 23.1. The lowest BCUT2D eigenvalue weighted by atomic mass is 9.58. The Bertz CT molecular complexity index is 3330. The molecule has 0 radical (unpaired) electrons. The van der Waals surface area contributed by atoms with Crippen LogP contribution in [0.3, 0.4) is 0 Å². The Hall–Kier alpha value is -7.44. The van der Waals surface area contributed by atoms with E-state index in [9.17, 15) is 14.4 Å². The highest BCUT2D eigenvalue weighted by Crippen LogP contribution is 2.66. The van der Waals surface area contributed by atoms with Crippen molar-refractivity contribution in [2.75, 3.05) is 14.2 Å². The average molecular weight is 1100 g/mol. The number of aromatic nitrogens is 2. The number of H-pyrrole nitrogens is 1. The van der Waals surface area contributed by atoms with Gasteiger partial charge in [-0.05, 0) is 72.5 Å². The van der Waals surface area contributed by atoms with Crippen LogP contribution in [0.15, 0.2) is 222 Å². The van der Waals surface area contributed by atoms with Gasteiger partial charge in [0.05, 0.1) is 20.8 Å². The van der Waals surface area contributed by atoms with Gasteiger partial charge in [0.25, 0.3) is 13.9 Å². The van der Waals surface area contributed by atoms with Gasteiger partial charge in [-0.15, -0.1) is 0 Å². The van der Waals surface area contributed by atoms with Crippen molar-refractivity contribution in [2.24, 2.45) is 0 Å². The molecular formula is C65H70N2O10Si2.